The highest BCUT2D eigenvalue weighted by Gasteiger charge is 2.20. The van der Waals surface area contributed by atoms with Crippen LogP contribution in [0, 0.1) is 0 Å². The normalized spacial score (nSPS) is 12.1. The van der Waals surface area contributed by atoms with E-state index in [1.54, 1.807) is 11.3 Å². The Morgan fingerprint density at radius 3 is 2.38 bits per heavy atom. The molecule has 0 radical (unpaired) electrons. The van der Waals surface area contributed by atoms with Gasteiger partial charge in [-0.25, -0.2) is 0 Å². The van der Waals surface area contributed by atoms with Crippen molar-refractivity contribution in [2.24, 2.45) is 0 Å². The van der Waals surface area contributed by atoms with Crippen LogP contribution >= 0.6 is 11.3 Å². The number of carbonyl (C=O) groups is 1. The summed E-state index contributed by atoms with van der Waals surface area (Å²) >= 11 is 1.66. The van der Waals surface area contributed by atoms with E-state index in [1.165, 1.54) is 0 Å². The first kappa shape index (κ1) is 20.7. The van der Waals surface area contributed by atoms with E-state index in [1.807, 2.05) is 53.7 Å². The zero-order valence-electron chi connectivity index (χ0n) is 15.7. The minimum Gasteiger partial charge on any atom is -0.460 e. The average Bonchev–Trinajstić information content (AvgIpc) is 2.89. The summed E-state index contributed by atoms with van der Waals surface area (Å²) < 4.78 is 5.46. The lowest BCUT2D eigenvalue weighted by Gasteiger charge is -2.23. The number of aryl methyl sites for hydroxylation is 1. The lowest BCUT2D eigenvalue weighted by atomic mass is 10.1. The molecule has 0 saturated carbocycles. The van der Waals surface area contributed by atoms with E-state index in [0.29, 0.717) is 25.0 Å². The molecule has 0 atom stereocenters. The first-order valence-electron chi connectivity index (χ1n) is 8.33. The predicted octanol–water partition coefficient (Wildman–Crippen LogP) is 5.22. The van der Waals surface area contributed by atoms with Crippen LogP contribution < -0.4 is 0 Å². The molecule has 0 bridgehead atoms. The third kappa shape index (κ3) is 8.50. The second-order valence-corrected chi connectivity index (χ2v) is 8.70. The molecule has 4 nitrogen and oxygen atoms in total. The van der Waals surface area contributed by atoms with Gasteiger partial charge in [0.1, 0.15) is 17.0 Å². The zero-order chi connectivity index (χ0) is 18.4. The number of allylic oxidation sites excluding steroid dienone is 1. The van der Waals surface area contributed by atoms with Crippen molar-refractivity contribution < 1.29 is 19.3 Å². The van der Waals surface area contributed by atoms with Crippen LogP contribution in [0.5, 0.6) is 0 Å². The lowest BCUT2D eigenvalue weighted by Crippen LogP contribution is -2.27. The van der Waals surface area contributed by atoms with Gasteiger partial charge >= 0.3 is 5.97 Å². The predicted molar refractivity (Wildman–Crippen MR) is 97.9 cm³/mol. The number of ether oxygens (including phenoxy) is 1. The molecule has 0 saturated heterocycles. The van der Waals surface area contributed by atoms with Gasteiger partial charge in [0.05, 0.1) is 6.42 Å². The molecule has 1 heterocycles. The van der Waals surface area contributed by atoms with Crippen molar-refractivity contribution in [3.8, 4) is 0 Å². The third-order valence-corrected chi connectivity index (χ3v) is 4.46. The Balaban J connectivity index is 2.41. The van der Waals surface area contributed by atoms with Crippen LogP contribution in [0.25, 0.3) is 0 Å². The monoisotopic (exact) mass is 354 g/mol. The molecule has 0 amide bonds. The van der Waals surface area contributed by atoms with Crippen molar-refractivity contribution in [3.63, 3.8) is 0 Å². The maximum Gasteiger partial charge on any atom is 0.306 e. The van der Waals surface area contributed by atoms with Gasteiger partial charge in [-0.3, -0.25) is 4.79 Å². The zero-order valence-corrected chi connectivity index (χ0v) is 16.5. The number of esters is 1. The number of rotatable bonds is 9. The molecule has 0 spiro atoms. The summed E-state index contributed by atoms with van der Waals surface area (Å²) in [5.74, 6) is 0.422. The number of thiophene rings is 1. The molecule has 0 fully saturated rings. The first-order chi connectivity index (χ1) is 11.0. The highest BCUT2D eigenvalue weighted by Crippen LogP contribution is 2.23. The van der Waals surface area contributed by atoms with E-state index in [0.717, 1.165) is 16.2 Å². The Labute approximate surface area is 149 Å². The Bertz CT molecular complexity index is 552. The Morgan fingerprint density at radius 2 is 1.79 bits per heavy atom. The maximum atomic E-state index is 11.9. The van der Waals surface area contributed by atoms with E-state index in [2.05, 4.69) is 6.58 Å². The second-order valence-electron chi connectivity index (χ2n) is 7.45. The topological polar surface area (TPSA) is 44.8 Å². The largest absolute Gasteiger partial charge is 0.460 e. The van der Waals surface area contributed by atoms with Gasteiger partial charge in [-0.05, 0) is 59.6 Å². The molecule has 24 heavy (non-hydrogen) atoms. The molecule has 0 aliphatic carbocycles. The maximum absolute atomic E-state index is 11.9. The summed E-state index contributed by atoms with van der Waals surface area (Å²) in [6.07, 6.45) is 2.50. The number of hydrogen-bond donors (Lipinski definition) is 0. The highest BCUT2D eigenvalue weighted by molar-refractivity contribution is 7.12. The Kier molecular flexibility index (Phi) is 7.49. The fourth-order valence-corrected chi connectivity index (χ4v) is 2.76. The van der Waals surface area contributed by atoms with Crippen molar-refractivity contribution in [1.29, 1.82) is 0 Å². The molecule has 1 rings (SSSR count). The van der Waals surface area contributed by atoms with Crippen LogP contribution in [-0.2, 0) is 32.1 Å². The van der Waals surface area contributed by atoms with Crippen LogP contribution in [0.15, 0.2) is 24.5 Å². The summed E-state index contributed by atoms with van der Waals surface area (Å²) in [7, 11) is 0. The van der Waals surface area contributed by atoms with E-state index < -0.39 is 0 Å². The minimum atomic E-state index is -0.389. The van der Waals surface area contributed by atoms with Crippen LogP contribution in [0.2, 0.25) is 0 Å². The van der Waals surface area contributed by atoms with Crippen molar-refractivity contribution in [2.45, 2.75) is 78.4 Å². The van der Waals surface area contributed by atoms with Gasteiger partial charge in [-0.2, -0.15) is 4.89 Å². The molecule has 1 aromatic rings. The number of carbonyl (C=O) groups excluding carboxylic acids is 1. The van der Waals surface area contributed by atoms with Gasteiger partial charge in [0.2, 0.25) is 0 Å². The minimum absolute atomic E-state index is 0.150. The fourth-order valence-electron chi connectivity index (χ4n) is 1.72. The summed E-state index contributed by atoms with van der Waals surface area (Å²) in [4.78, 5) is 24.6. The lowest BCUT2D eigenvalue weighted by molar-refractivity contribution is -0.321. The summed E-state index contributed by atoms with van der Waals surface area (Å²) in [6.45, 7) is 15.5. The van der Waals surface area contributed by atoms with Crippen molar-refractivity contribution in [2.75, 3.05) is 0 Å². The van der Waals surface area contributed by atoms with Crippen LogP contribution in [0.4, 0.5) is 0 Å². The standard InChI is InChI=1S/C19H30O4S/c1-8-19(6,7)21-17(20)12-11-15-9-10-16(24-15)13-14(2)22-23-18(3,4)5/h9-10H,2,8,11-13H2,1,3-7H3. The molecule has 0 aromatic carbocycles. The molecule has 136 valence electrons. The fraction of sp³-hybridized carbons (Fsp3) is 0.632. The molecule has 0 aliphatic rings. The highest BCUT2D eigenvalue weighted by atomic mass is 32.1. The van der Waals surface area contributed by atoms with Crippen LogP contribution in [-0.4, -0.2) is 17.2 Å². The third-order valence-electron chi connectivity index (χ3n) is 3.32. The van der Waals surface area contributed by atoms with Gasteiger partial charge in [-0.15, -0.1) is 11.3 Å². The van der Waals surface area contributed by atoms with E-state index in [4.69, 9.17) is 14.5 Å². The molecular weight excluding hydrogens is 324 g/mol. The first-order valence-corrected chi connectivity index (χ1v) is 9.15. The molecular formula is C19H30O4S. The molecule has 0 unspecified atom stereocenters. The summed E-state index contributed by atoms with van der Waals surface area (Å²) in [6, 6.07) is 4.07. The van der Waals surface area contributed by atoms with Crippen molar-refractivity contribution >= 4 is 17.3 Å². The van der Waals surface area contributed by atoms with Gasteiger partial charge in [0.25, 0.3) is 0 Å². The van der Waals surface area contributed by atoms with Crippen LogP contribution in [0.1, 0.15) is 64.1 Å². The van der Waals surface area contributed by atoms with Gasteiger partial charge in [0, 0.05) is 16.2 Å². The van der Waals surface area contributed by atoms with Gasteiger partial charge in [0.15, 0.2) is 0 Å². The Morgan fingerprint density at radius 1 is 1.17 bits per heavy atom. The summed E-state index contributed by atoms with van der Waals surface area (Å²) in [5.41, 5.74) is -0.754. The molecule has 1 aromatic heterocycles. The van der Waals surface area contributed by atoms with Crippen LogP contribution in [0.3, 0.4) is 0 Å². The Hall–Kier alpha value is -1.33. The molecule has 0 aliphatic heterocycles. The van der Waals surface area contributed by atoms with E-state index >= 15 is 0 Å². The molecule has 0 N–H and O–H groups in total. The van der Waals surface area contributed by atoms with Gasteiger partial charge < -0.3 is 9.62 Å². The second kappa shape index (κ2) is 8.67. The number of hydrogen-bond acceptors (Lipinski definition) is 5. The van der Waals surface area contributed by atoms with E-state index in [-0.39, 0.29) is 17.2 Å². The quantitative estimate of drug-likeness (QED) is 0.264. The average molecular weight is 355 g/mol. The molecule has 5 heteroatoms. The van der Waals surface area contributed by atoms with Crippen molar-refractivity contribution in [1.82, 2.24) is 0 Å². The van der Waals surface area contributed by atoms with E-state index in [9.17, 15) is 4.79 Å². The summed E-state index contributed by atoms with van der Waals surface area (Å²) in [5, 5.41) is 0. The van der Waals surface area contributed by atoms with Crippen molar-refractivity contribution in [3.05, 3.63) is 34.2 Å². The van der Waals surface area contributed by atoms with Gasteiger partial charge in [-0.1, -0.05) is 13.5 Å². The SMILES string of the molecule is C=C(Cc1ccc(CCC(=O)OC(C)(C)CC)s1)OOC(C)(C)C. The smallest absolute Gasteiger partial charge is 0.306 e.